The Kier molecular flexibility index (Phi) is 10.0. The van der Waals surface area contributed by atoms with Crippen molar-refractivity contribution in [3.8, 4) is 5.75 Å². The molecule has 2 amide bonds. The van der Waals surface area contributed by atoms with Crippen molar-refractivity contribution in [2.45, 2.75) is 39.3 Å². The monoisotopic (exact) mass is 512 g/mol. The summed E-state index contributed by atoms with van der Waals surface area (Å²) in [4.78, 5) is 28.2. The second-order valence-electron chi connectivity index (χ2n) is 8.11. The van der Waals surface area contributed by atoms with E-state index >= 15 is 0 Å². The summed E-state index contributed by atoms with van der Waals surface area (Å²) in [7, 11) is 0. The minimum absolute atomic E-state index is 0.0735. The molecule has 35 heavy (non-hydrogen) atoms. The van der Waals surface area contributed by atoms with Crippen LogP contribution in [-0.2, 0) is 29.0 Å². The van der Waals surface area contributed by atoms with Crippen LogP contribution in [0.15, 0.2) is 72.8 Å². The van der Waals surface area contributed by atoms with Crippen LogP contribution in [0.2, 0.25) is 10.0 Å². The summed E-state index contributed by atoms with van der Waals surface area (Å²) in [6, 6.07) is 21.6. The molecule has 0 aliphatic rings. The van der Waals surface area contributed by atoms with Crippen molar-refractivity contribution in [2.24, 2.45) is 0 Å². The van der Waals surface area contributed by atoms with E-state index in [1.807, 2.05) is 61.5 Å². The van der Waals surface area contributed by atoms with Gasteiger partial charge in [0.05, 0.1) is 0 Å². The van der Waals surface area contributed by atoms with Crippen LogP contribution in [0.5, 0.6) is 5.75 Å². The third kappa shape index (κ3) is 7.48. The van der Waals surface area contributed by atoms with E-state index in [0.29, 0.717) is 34.3 Å². The first-order valence-corrected chi connectivity index (χ1v) is 12.4. The highest BCUT2D eigenvalue weighted by Gasteiger charge is 2.31. The minimum atomic E-state index is -0.775. The molecule has 184 valence electrons. The summed E-state index contributed by atoms with van der Waals surface area (Å²) in [6.45, 7) is 4.21. The summed E-state index contributed by atoms with van der Waals surface area (Å²) in [5, 5.41) is 3.73. The molecular formula is C28H30Cl2N2O3. The molecule has 0 bridgehead atoms. The molecule has 3 rings (SSSR count). The molecule has 7 heteroatoms. The Morgan fingerprint density at radius 2 is 1.54 bits per heavy atom. The SMILES string of the molecule is CCNC(=O)C(Cc1ccccc1)N(Cc1c(Cl)cccc1Cl)C(=O)COc1ccc(CC)cc1. The van der Waals surface area contributed by atoms with E-state index in [9.17, 15) is 9.59 Å². The van der Waals surface area contributed by atoms with E-state index in [2.05, 4.69) is 12.2 Å². The van der Waals surface area contributed by atoms with Crippen LogP contribution < -0.4 is 10.1 Å². The molecule has 1 unspecified atom stereocenters. The third-order valence-electron chi connectivity index (χ3n) is 5.71. The van der Waals surface area contributed by atoms with E-state index in [1.54, 1.807) is 18.2 Å². The normalized spacial score (nSPS) is 11.5. The number of amides is 2. The molecule has 0 aromatic heterocycles. The van der Waals surface area contributed by atoms with Crippen molar-refractivity contribution in [1.29, 1.82) is 0 Å². The van der Waals surface area contributed by atoms with Gasteiger partial charge < -0.3 is 15.0 Å². The number of aryl methyl sites for hydroxylation is 1. The first-order valence-electron chi connectivity index (χ1n) is 11.7. The molecule has 3 aromatic carbocycles. The first-order chi connectivity index (χ1) is 16.9. The fraction of sp³-hybridized carbons (Fsp3) is 0.286. The van der Waals surface area contributed by atoms with Crippen LogP contribution in [-0.4, -0.2) is 35.9 Å². The molecule has 5 nitrogen and oxygen atoms in total. The Labute approximate surface area is 217 Å². The molecule has 0 radical (unpaired) electrons. The summed E-state index contributed by atoms with van der Waals surface area (Å²) in [5.41, 5.74) is 2.69. The maximum absolute atomic E-state index is 13.5. The number of rotatable bonds is 11. The summed E-state index contributed by atoms with van der Waals surface area (Å²) >= 11 is 12.9. The lowest BCUT2D eigenvalue weighted by Gasteiger charge is -2.32. The smallest absolute Gasteiger partial charge is 0.261 e. The first kappa shape index (κ1) is 26.6. The van der Waals surface area contributed by atoms with Gasteiger partial charge in [-0.05, 0) is 48.7 Å². The van der Waals surface area contributed by atoms with Gasteiger partial charge in [0.1, 0.15) is 11.8 Å². The molecule has 0 saturated carbocycles. The fourth-order valence-corrected chi connectivity index (χ4v) is 4.27. The highest BCUT2D eigenvalue weighted by molar-refractivity contribution is 6.36. The molecule has 1 N–H and O–H groups in total. The van der Waals surface area contributed by atoms with Crippen molar-refractivity contribution in [3.63, 3.8) is 0 Å². The van der Waals surface area contributed by atoms with E-state index < -0.39 is 6.04 Å². The Hall–Kier alpha value is -3.02. The summed E-state index contributed by atoms with van der Waals surface area (Å²) in [5.74, 6) is -0.00295. The standard InChI is InChI=1S/C28H30Cl2N2O3/c1-3-20-13-15-22(16-14-20)35-19-27(33)32(18-23-24(29)11-8-12-25(23)30)26(28(34)31-4-2)17-21-9-6-5-7-10-21/h5-16,26H,3-4,17-19H2,1-2H3,(H,31,34). The average molecular weight is 513 g/mol. The number of ether oxygens (including phenoxy) is 1. The minimum Gasteiger partial charge on any atom is -0.484 e. The number of hydrogen-bond acceptors (Lipinski definition) is 3. The predicted molar refractivity (Wildman–Crippen MR) is 141 cm³/mol. The van der Waals surface area contributed by atoms with Crippen molar-refractivity contribution < 1.29 is 14.3 Å². The van der Waals surface area contributed by atoms with Crippen molar-refractivity contribution in [3.05, 3.63) is 99.5 Å². The van der Waals surface area contributed by atoms with Crippen molar-refractivity contribution in [2.75, 3.05) is 13.2 Å². The highest BCUT2D eigenvalue weighted by atomic mass is 35.5. The van der Waals surface area contributed by atoms with Crippen LogP contribution in [0.1, 0.15) is 30.5 Å². The lowest BCUT2D eigenvalue weighted by molar-refractivity contribution is -0.142. The van der Waals surface area contributed by atoms with Gasteiger partial charge in [0.15, 0.2) is 6.61 Å². The fourth-order valence-electron chi connectivity index (χ4n) is 3.75. The van der Waals surface area contributed by atoms with E-state index in [4.69, 9.17) is 27.9 Å². The maximum atomic E-state index is 13.5. The number of hydrogen-bond donors (Lipinski definition) is 1. The Bertz CT molecular complexity index is 1100. The zero-order chi connectivity index (χ0) is 25.2. The van der Waals surface area contributed by atoms with Gasteiger partial charge >= 0.3 is 0 Å². The molecule has 0 aliphatic heterocycles. The number of halogens is 2. The lowest BCUT2D eigenvalue weighted by Crippen LogP contribution is -2.51. The van der Waals surface area contributed by atoms with E-state index in [-0.39, 0.29) is 25.0 Å². The molecule has 0 fully saturated rings. The second kappa shape index (κ2) is 13.2. The molecule has 1 atom stereocenters. The van der Waals surface area contributed by atoms with Crippen LogP contribution in [0, 0.1) is 0 Å². The third-order valence-corrected chi connectivity index (χ3v) is 6.41. The average Bonchev–Trinajstić information content (AvgIpc) is 2.87. The molecule has 0 saturated heterocycles. The van der Waals surface area contributed by atoms with Gasteiger partial charge in [-0.25, -0.2) is 0 Å². The predicted octanol–water partition coefficient (Wildman–Crippen LogP) is 5.71. The van der Waals surface area contributed by atoms with Crippen LogP contribution >= 0.6 is 23.2 Å². The van der Waals surface area contributed by atoms with Gasteiger partial charge in [0.25, 0.3) is 5.91 Å². The molecule has 3 aromatic rings. The molecule has 0 spiro atoms. The highest BCUT2D eigenvalue weighted by Crippen LogP contribution is 2.27. The Morgan fingerprint density at radius 3 is 2.14 bits per heavy atom. The molecule has 0 aliphatic carbocycles. The molecular weight excluding hydrogens is 483 g/mol. The van der Waals surface area contributed by atoms with Crippen LogP contribution in [0.4, 0.5) is 0 Å². The number of likely N-dealkylation sites (N-methyl/N-ethyl adjacent to an activating group) is 1. The number of carbonyl (C=O) groups is 2. The molecule has 0 heterocycles. The van der Waals surface area contributed by atoms with Crippen molar-refractivity contribution in [1.82, 2.24) is 10.2 Å². The maximum Gasteiger partial charge on any atom is 0.261 e. The zero-order valence-corrected chi connectivity index (χ0v) is 21.5. The number of carbonyl (C=O) groups excluding carboxylic acids is 2. The van der Waals surface area contributed by atoms with Gasteiger partial charge in [0, 0.05) is 35.1 Å². The number of benzene rings is 3. The summed E-state index contributed by atoms with van der Waals surface area (Å²) < 4.78 is 5.80. The summed E-state index contributed by atoms with van der Waals surface area (Å²) in [6.07, 6.45) is 1.25. The van der Waals surface area contributed by atoms with Gasteiger partial charge in [-0.2, -0.15) is 0 Å². The van der Waals surface area contributed by atoms with Gasteiger partial charge in [-0.1, -0.05) is 78.7 Å². The van der Waals surface area contributed by atoms with Gasteiger partial charge in [-0.3, -0.25) is 9.59 Å². The van der Waals surface area contributed by atoms with Gasteiger partial charge in [0.2, 0.25) is 5.91 Å². The van der Waals surface area contributed by atoms with E-state index in [0.717, 1.165) is 12.0 Å². The Balaban J connectivity index is 1.91. The lowest BCUT2D eigenvalue weighted by atomic mass is 10.0. The number of nitrogens with one attached hydrogen (secondary N) is 1. The second-order valence-corrected chi connectivity index (χ2v) is 8.92. The Morgan fingerprint density at radius 1 is 0.886 bits per heavy atom. The topological polar surface area (TPSA) is 58.6 Å². The quantitative estimate of drug-likeness (QED) is 0.357. The van der Waals surface area contributed by atoms with Crippen LogP contribution in [0.25, 0.3) is 0 Å². The van der Waals surface area contributed by atoms with Crippen molar-refractivity contribution >= 4 is 35.0 Å². The van der Waals surface area contributed by atoms with Gasteiger partial charge in [-0.15, -0.1) is 0 Å². The zero-order valence-electron chi connectivity index (χ0n) is 20.0. The van der Waals surface area contributed by atoms with Crippen LogP contribution in [0.3, 0.4) is 0 Å². The largest absolute Gasteiger partial charge is 0.484 e. The number of nitrogens with zero attached hydrogens (tertiary/aromatic N) is 1. The van der Waals surface area contributed by atoms with E-state index in [1.165, 1.54) is 10.5 Å².